The van der Waals surface area contributed by atoms with Gasteiger partial charge in [0.05, 0.1) is 5.97 Å². The molecule has 0 unspecified atom stereocenters. The van der Waals surface area contributed by atoms with Gasteiger partial charge < -0.3 is 21.8 Å². The van der Waals surface area contributed by atoms with Crippen LogP contribution in [0, 0.1) is 0 Å². The Morgan fingerprint density at radius 2 is 1.92 bits per heavy atom. The fourth-order valence-corrected chi connectivity index (χ4v) is 0.951. The van der Waals surface area contributed by atoms with Crippen LogP contribution < -0.4 is 17.0 Å². The second kappa shape index (κ2) is 5.29. The second-order valence-electron chi connectivity index (χ2n) is 2.62. The first-order valence-electron chi connectivity index (χ1n) is 3.70. The number of carboxylic acid groups (broad SMARTS) is 1. The highest BCUT2D eigenvalue weighted by molar-refractivity contribution is 5.71. The van der Waals surface area contributed by atoms with Crippen LogP contribution in [0.3, 0.4) is 0 Å². The average Bonchev–Trinajstić information content (AvgIpc) is 2.06. The highest BCUT2D eigenvalue weighted by Gasteiger charge is 2.03. The summed E-state index contributed by atoms with van der Waals surface area (Å²) in [5.74, 6) is -1.21. The Morgan fingerprint density at radius 1 is 1.38 bits per heavy atom. The predicted octanol–water partition coefficient (Wildman–Crippen LogP) is -0.317. The average molecular weight is 182 g/mol. The molecule has 1 aromatic rings. The van der Waals surface area contributed by atoms with E-state index in [0.717, 1.165) is 5.56 Å². The number of nitrogens with two attached hydrogens (primary N) is 1. The maximum Gasteiger partial charge on any atom is 0.0585 e. The van der Waals surface area contributed by atoms with E-state index < -0.39 is 12.0 Å². The van der Waals surface area contributed by atoms with Gasteiger partial charge in [-0.05, 0) is 12.0 Å². The number of hydrogen-bond donors (Lipinski definition) is 2. The molecule has 6 N–H and O–H groups in total. The lowest BCUT2D eigenvalue weighted by Crippen LogP contribution is -2.43. The van der Waals surface area contributed by atoms with Crippen LogP contribution in [-0.2, 0) is 11.2 Å². The van der Waals surface area contributed by atoms with Crippen LogP contribution in [-0.4, -0.2) is 12.0 Å². The highest BCUT2D eigenvalue weighted by atomic mass is 16.4. The van der Waals surface area contributed by atoms with Gasteiger partial charge in [-0.1, -0.05) is 30.3 Å². The normalized spacial score (nSPS) is 11.5. The molecular weight excluding hydrogens is 168 g/mol. The summed E-state index contributed by atoms with van der Waals surface area (Å²) in [5.41, 5.74) is 6.20. The Balaban J connectivity index is 0.00000144. The lowest BCUT2D eigenvalue weighted by Gasteiger charge is -2.11. The smallest absolute Gasteiger partial charge is 0.0585 e. The van der Waals surface area contributed by atoms with Crippen molar-refractivity contribution in [3.63, 3.8) is 0 Å². The topological polar surface area (TPSA) is 103 Å². The number of aliphatic carboxylic acids is 1. The predicted molar refractivity (Wildman–Crippen MR) is 49.1 cm³/mol. The summed E-state index contributed by atoms with van der Waals surface area (Å²) in [5, 5.41) is 10.3. The van der Waals surface area contributed by atoms with Crippen molar-refractivity contribution in [1.29, 1.82) is 0 Å². The summed E-state index contributed by atoms with van der Waals surface area (Å²) in [6, 6.07) is 8.32. The number of benzene rings is 1. The van der Waals surface area contributed by atoms with E-state index in [9.17, 15) is 9.90 Å². The molecule has 0 aliphatic rings. The number of carboxylic acids is 1. The van der Waals surface area contributed by atoms with E-state index in [1.807, 2.05) is 30.3 Å². The molecule has 72 valence electrons. The van der Waals surface area contributed by atoms with Crippen LogP contribution in [0.5, 0.6) is 0 Å². The van der Waals surface area contributed by atoms with Crippen LogP contribution >= 0.6 is 0 Å². The van der Waals surface area contributed by atoms with Gasteiger partial charge >= 0.3 is 0 Å². The number of quaternary nitrogens is 1. The molecule has 0 amide bonds. The van der Waals surface area contributed by atoms with Gasteiger partial charge in [0.15, 0.2) is 0 Å². The zero-order valence-electron chi connectivity index (χ0n) is 7.57. The van der Waals surface area contributed by atoms with Crippen molar-refractivity contribution < 1.29 is 9.90 Å². The fraction of sp³-hybridized carbons (Fsp3) is 0.222. The van der Waals surface area contributed by atoms with E-state index in [4.69, 9.17) is 5.73 Å². The summed E-state index contributed by atoms with van der Waals surface area (Å²) < 4.78 is 0. The molecule has 0 saturated carbocycles. The maximum atomic E-state index is 10.3. The fourth-order valence-electron chi connectivity index (χ4n) is 0.951. The SMILES string of the molecule is N[C@@H](Cc1ccccc1)C(=O)[O-].[NH4+]. The number of carbonyl (C=O) groups is 1. The number of carbonyl (C=O) groups excluding carboxylic acids is 1. The Hall–Kier alpha value is -1.39. The van der Waals surface area contributed by atoms with E-state index >= 15 is 0 Å². The Kier molecular flexibility index (Phi) is 4.72. The maximum absolute atomic E-state index is 10.3. The monoisotopic (exact) mass is 182 g/mol. The van der Waals surface area contributed by atoms with Gasteiger partial charge in [0, 0.05) is 6.04 Å². The molecule has 1 aromatic carbocycles. The van der Waals surface area contributed by atoms with Crippen molar-refractivity contribution in [3.8, 4) is 0 Å². The van der Waals surface area contributed by atoms with Gasteiger partial charge in [-0.2, -0.15) is 0 Å². The van der Waals surface area contributed by atoms with Gasteiger partial charge in [0.25, 0.3) is 0 Å². The molecule has 0 radical (unpaired) electrons. The van der Waals surface area contributed by atoms with Crippen molar-refractivity contribution in [2.45, 2.75) is 12.5 Å². The molecule has 0 aromatic heterocycles. The molecule has 4 nitrogen and oxygen atoms in total. The standard InChI is InChI=1S/C9H11NO2.H3N/c10-8(9(11)12)6-7-4-2-1-3-5-7;/h1-5,8H,6,10H2,(H,11,12);1H3/t8-;/m0./s1. The summed E-state index contributed by atoms with van der Waals surface area (Å²) in [6.45, 7) is 0. The largest absolute Gasteiger partial charge is 0.548 e. The van der Waals surface area contributed by atoms with Crippen molar-refractivity contribution in [3.05, 3.63) is 35.9 Å². The number of hydrogen-bond acceptors (Lipinski definition) is 3. The number of rotatable bonds is 3. The zero-order valence-corrected chi connectivity index (χ0v) is 7.57. The van der Waals surface area contributed by atoms with Crippen LogP contribution in [0.25, 0.3) is 0 Å². The zero-order chi connectivity index (χ0) is 8.97. The lowest BCUT2D eigenvalue weighted by atomic mass is 10.1. The third kappa shape index (κ3) is 3.68. The van der Waals surface area contributed by atoms with Crippen molar-refractivity contribution in [2.75, 3.05) is 0 Å². The quantitative estimate of drug-likeness (QED) is 0.669. The molecule has 0 bridgehead atoms. The van der Waals surface area contributed by atoms with E-state index in [1.54, 1.807) is 0 Å². The minimum Gasteiger partial charge on any atom is -0.548 e. The van der Waals surface area contributed by atoms with Gasteiger partial charge in [0.2, 0.25) is 0 Å². The first-order valence-corrected chi connectivity index (χ1v) is 3.70. The molecule has 0 aliphatic heterocycles. The first kappa shape index (κ1) is 11.6. The van der Waals surface area contributed by atoms with E-state index in [1.165, 1.54) is 0 Å². The Bertz CT molecular complexity index is 262. The van der Waals surface area contributed by atoms with Crippen molar-refractivity contribution in [1.82, 2.24) is 6.15 Å². The summed E-state index contributed by atoms with van der Waals surface area (Å²) in [4.78, 5) is 10.3. The molecule has 0 fully saturated rings. The lowest BCUT2D eigenvalue weighted by molar-refractivity contribution is -0.307. The minimum atomic E-state index is -1.21. The van der Waals surface area contributed by atoms with Crippen molar-refractivity contribution >= 4 is 5.97 Å². The van der Waals surface area contributed by atoms with E-state index in [-0.39, 0.29) is 6.15 Å². The van der Waals surface area contributed by atoms with Gasteiger partial charge in [-0.3, -0.25) is 0 Å². The summed E-state index contributed by atoms with van der Waals surface area (Å²) >= 11 is 0. The van der Waals surface area contributed by atoms with E-state index in [0.29, 0.717) is 6.42 Å². The third-order valence-electron chi connectivity index (χ3n) is 1.60. The Labute approximate surface area is 77.0 Å². The van der Waals surface area contributed by atoms with Gasteiger partial charge in [-0.15, -0.1) is 0 Å². The first-order chi connectivity index (χ1) is 5.70. The molecule has 1 rings (SSSR count). The minimum absolute atomic E-state index is 0. The molecular formula is C9H14N2O2. The molecule has 13 heavy (non-hydrogen) atoms. The molecule has 0 spiro atoms. The molecule has 0 aliphatic carbocycles. The van der Waals surface area contributed by atoms with E-state index in [2.05, 4.69) is 0 Å². The van der Waals surface area contributed by atoms with Gasteiger partial charge in [-0.25, -0.2) is 0 Å². The van der Waals surface area contributed by atoms with Crippen LogP contribution in [0.2, 0.25) is 0 Å². The molecule has 1 atom stereocenters. The Morgan fingerprint density at radius 3 is 2.38 bits per heavy atom. The third-order valence-corrected chi connectivity index (χ3v) is 1.60. The molecule has 0 heterocycles. The van der Waals surface area contributed by atoms with Crippen LogP contribution in [0.1, 0.15) is 5.56 Å². The molecule has 0 saturated heterocycles. The molecule has 4 heteroatoms. The van der Waals surface area contributed by atoms with Crippen LogP contribution in [0.15, 0.2) is 30.3 Å². The summed E-state index contributed by atoms with van der Waals surface area (Å²) in [7, 11) is 0. The second-order valence-corrected chi connectivity index (χ2v) is 2.62. The van der Waals surface area contributed by atoms with Crippen LogP contribution in [0.4, 0.5) is 0 Å². The summed E-state index contributed by atoms with van der Waals surface area (Å²) in [6.07, 6.45) is 0.323. The highest BCUT2D eigenvalue weighted by Crippen LogP contribution is 2.00. The van der Waals surface area contributed by atoms with Gasteiger partial charge in [0.1, 0.15) is 0 Å². The van der Waals surface area contributed by atoms with Crippen molar-refractivity contribution in [2.24, 2.45) is 5.73 Å².